The molecule has 1 amide bonds. The van der Waals surface area contributed by atoms with Crippen LogP contribution < -0.4 is 15.8 Å². The second kappa shape index (κ2) is 10.1. The van der Waals surface area contributed by atoms with Crippen LogP contribution >= 0.6 is 28.3 Å². The molecule has 108 valence electrons. The minimum absolute atomic E-state index is 0. The van der Waals surface area contributed by atoms with E-state index in [1.807, 2.05) is 31.2 Å². The van der Waals surface area contributed by atoms with Crippen LogP contribution in [0.5, 0.6) is 5.75 Å². The average molecular weight is 352 g/mol. The number of carbonyl (C=O) groups is 1. The van der Waals surface area contributed by atoms with Gasteiger partial charge in [-0.1, -0.05) is 22.0 Å². The zero-order valence-corrected chi connectivity index (χ0v) is 13.3. The Kier molecular flexibility index (Phi) is 9.65. The van der Waals surface area contributed by atoms with Crippen LogP contribution in [0.15, 0.2) is 28.7 Å². The third-order valence-electron chi connectivity index (χ3n) is 2.32. The predicted octanol–water partition coefficient (Wildman–Crippen LogP) is 2.49. The molecule has 0 radical (unpaired) electrons. The van der Waals surface area contributed by atoms with Crippen LogP contribution in [0.25, 0.3) is 0 Å². The summed E-state index contributed by atoms with van der Waals surface area (Å²) in [6.07, 6.45) is 1.17. The van der Waals surface area contributed by atoms with Gasteiger partial charge in [0.05, 0.1) is 6.54 Å². The molecule has 1 atom stereocenters. The maximum atomic E-state index is 11.4. The van der Waals surface area contributed by atoms with Gasteiger partial charge in [0.1, 0.15) is 12.4 Å². The van der Waals surface area contributed by atoms with Gasteiger partial charge in [0.25, 0.3) is 0 Å². The number of halogens is 2. The minimum Gasteiger partial charge on any atom is -0.492 e. The molecule has 1 aromatic rings. The van der Waals surface area contributed by atoms with Gasteiger partial charge in [0, 0.05) is 16.9 Å². The fourth-order valence-electron chi connectivity index (χ4n) is 1.36. The van der Waals surface area contributed by atoms with Crippen LogP contribution in [-0.4, -0.2) is 25.1 Å². The zero-order valence-electron chi connectivity index (χ0n) is 10.9. The van der Waals surface area contributed by atoms with E-state index in [1.165, 1.54) is 0 Å². The van der Waals surface area contributed by atoms with Crippen molar-refractivity contribution in [3.63, 3.8) is 0 Å². The summed E-state index contributed by atoms with van der Waals surface area (Å²) in [5.41, 5.74) is 5.58. The lowest BCUT2D eigenvalue weighted by Crippen LogP contribution is -2.29. The van der Waals surface area contributed by atoms with Crippen LogP contribution in [0, 0.1) is 0 Å². The summed E-state index contributed by atoms with van der Waals surface area (Å²) in [4.78, 5) is 11.4. The second-order valence-corrected chi connectivity index (χ2v) is 5.09. The molecule has 1 aromatic carbocycles. The van der Waals surface area contributed by atoms with Crippen molar-refractivity contribution in [3.05, 3.63) is 28.7 Å². The number of carbonyl (C=O) groups excluding carboxylic acids is 1. The van der Waals surface area contributed by atoms with Gasteiger partial charge in [-0.2, -0.15) is 0 Å². The van der Waals surface area contributed by atoms with Gasteiger partial charge in [0.15, 0.2) is 0 Å². The number of hydrogen-bond donors (Lipinski definition) is 2. The lowest BCUT2D eigenvalue weighted by Gasteiger charge is -2.08. The lowest BCUT2D eigenvalue weighted by atomic mass is 10.2. The highest BCUT2D eigenvalue weighted by atomic mass is 79.9. The third-order valence-corrected chi connectivity index (χ3v) is 2.81. The van der Waals surface area contributed by atoms with Crippen molar-refractivity contribution in [1.82, 2.24) is 5.32 Å². The van der Waals surface area contributed by atoms with E-state index in [2.05, 4.69) is 21.2 Å². The van der Waals surface area contributed by atoms with E-state index in [1.54, 1.807) is 0 Å². The van der Waals surface area contributed by atoms with Crippen molar-refractivity contribution >= 4 is 34.2 Å². The summed E-state index contributed by atoms with van der Waals surface area (Å²) in [6, 6.07) is 7.66. The highest BCUT2D eigenvalue weighted by molar-refractivity contribution is 9.10. The Labute approximate surface area is 128 Å². The van der Waals surface area contributed by atoms with Crippen molar-refractivity contribution in [1.29, 1.82) is 0 Å². The van der Waals surface area contributed by atoms with Crippen molar-refractivity contribution in [2.45, 2.75) is 25.8 Å². The molecule has 6 heteroatoms. The molecule has 1 unspecified atom stereocenters. The van der Waals surface area contributed by atoms with Crippen molar-refractivity contribution in [2.24, 2.45) is 5.73 Å². The van der Waals surface area contributed by atoms with E-state index in [0.29, 0.717) is 26.0 Å². The van der Waals surface area contributed by atoms with Gasteiger partial charge in [-0.05, 0) is 31.5 Å². The zero-order chi connectivity index (χ0) is 13.4. The molecule has 0 aliphatic rings. The Morgan fingerprint density at radius 1 is 1.53 bits per heavy atom. The molecule has 0 saturated heterocycles. The number of rotatable bonds is 7. The fraction of sp³-hybridized carbons (Fsp3) is 0.462. The number of hydrogen-bond acceptors (Lipinski definition) is 3. The molecule has 0 heterocycles. The molecule has 0 saturated carbocycles. The van der Waals surface area contributed by atoms with Crippen LogP contribution in [0.3, 0.4) is 0 Å². The summed E-state index contributed by atoms with van der Waals surface area (Å²) in [6.45, 7) is 2.86. The molecule has 1 rings (SSSR count). The summed E-state index contributed by atoms with van der Waals surface area (Å²) < 4.78 is 6.47. The summed E-state index contributed by atoms with van der Waals surface area (Å²) in [5.74, 6) is 0.805. The first-order chi connectivity index (χ1) is 8.58. The van der Waals surface area contributed by atoms with E-state index < -0.39 is 0 Å². The van der Waals surface area contributed by atoms with E-state index in [4.69, 9.17) is 10.5 Å². The highest BCUT2D eigenvalue weighted by Crippen LogP contribution is 2.17. The maximum Gasteiger partial charge on any atom is 0.220 e. The predicted molar refractivity (Wildman–Crippen MR) is 82.8 cm³/mol. The second-order valence-electron chi connectivity index (χ2n) is 4.17. The molecule has 0 fully saturated rings. The van der Waals surface area contributed by atoms with Crippen LogP contribution in [0.4, 0.5) is 0 Å². The first-order valence-electron chi connectivity index (χ1n) is 5.98. The number of ether oxygens (including phenoxy) is 1. The quantitative estimate of drug-likeness (QED) is 0.742. The largest absolute Gasteiger partial charge is 0.492 e. The molecule has 0 spiro atoms. The average Bonchev–Trinajstić information content (AvgIpc) is 2.32. The van der Waals surface area contributed by atoms with Gasteiger partial charge in [-0.25, -0.2) is 0 Å². The highest BCUT2D eigenvalue weighted by Gasteiger charge is 2.02. The number of nitrogens with one attached hydrogen (secondary N) is 1. The maximum absolute atomic E-state index is 11.4. The van der Waals surface area contributed by atoms with Crippen molar-refractivity contribution in [2.75, 3.05) is 13.2 Å². The van der Waals surface area contributed by atoms with Gasteiger partial charge >= 0.3 is 0 Å². The first kappa shape index (κ1) is 18.2. The smallest absolute Gasteiger partial charge is 0.220 e. The number of benzene rings is 1. The Bertz CT molecular complexity index is 389. The molecule has 0 bridgehead atoms. The molecule has 0 aromatic heterocycles. The van der Waals surface area contributed by atoms with E-state index in [9.17, 15) is 4.79 Å². The van der Waals surface area contributed by atoms with Crippen molar-refractivity contribution in [3.8, 4) is 5.75 Å². The molecular weight excluding hydrogens is 332 g/mol. The summed E-state index contributed by atoms with van der Waals surface area (Å²) in [5, 5.41) is 2.79. The number of amides is 1. The molecule has 0 aliphatic carbocycles. The van der Waals surface area contributed by atoms with E-state index in [-0.39, 0.29) is 24.4 Å². The van der Waals surface area contributed by atoms with E-state index >= 15 is 0 Å². The van der Waals surface area contributed by atoms with Gasteiger partial charge in [-0.3, -0.25) is 4.79 Å². The van der Waals surface area contributed by atoms with E-state index in [0.717, 1.165) is 10.2 Å². The standard InChI is InChI=1S/C13H19BrN2O2.ClH/c1-10(15)5-6-13(17)16-7-8-18-12-4-2-3-11(14)9-12;/h2-4,9-10H,5-8,15H2,1H3,(H,16,17);1H. The van der Waals surface area contributed by atoms with Crippen LogP contribution in [0.1, 0.15) is 19.8 Å². The summed E-state index contributed by atoms with van der Waals surface area (Å²) >= 11 is 3.37. The molecule has 3 N–H and O–H groups in total. The van der Waals surface area contributed by atoms with Crippen molar-refractivity contribution < 1.29 is 9.53 Å². The third kappa shape index (κ3) is 8.86. The van der Waals surface area contributed by atoms with Gasteiger partial charge in [-0.15, -0.1) is 12.4 Å². The molecule has 0 aliphatic heterocycles. The summed E-state index contributed by atoms with van der Waals surface area (Å²) in [7, 11) is 0. The number of nitrogens with two attached hydrogens (primary N) is 1. The SMILES string of the molecule is CC(N)CCC(=O)NCCOc1cccc(Br)c1.Cl. The minimum atomic E-state index is 0. The fourth-order valence-corrected chi connectivity index (χ4v) is 1.74. The first-order valence-corrected chi connectivity index (χ1v) is 6.78. The monoisotopic (exact) mass is 350 g/mol. The van der Waals surface area contributed by atoms with Gasteiger partial charge in [0.2, 0.25) is 5.91 Å². The molecular formula is C13H20BrClN2O2. The lowest BCUT2D eigenvalue weighted by molar-refractivity contribution is -0.121. The Balaban J connectivity index is 0.00000324. The Morgan fingerprint density at radius 3 is 2.89 bits per heavy atom. The van der Waals surface area contributed by atoms with Crippen LogP contribution in [-0.2, 0) is 4.79 Å². The Hall–Kier alpha value is -0.780. The van der Waals surface area contributed by atoms with Crippen LogP contribution in [0.2, 0.25) is 0 Å². The Morgan fingerprint density at radius 2 is 2.26 bits per heavy atom. The molecule has 19 heavy (non-hydrogen) atoms. The topological polar surface area (TPSA) is 64.4 Å². The molecule has 4 nitrogen and oxygen atoms in total. The normalized spacial score (nSPS) is 11.3. The van der Waals surface area contributed by atoms with Gasteiger partial charge < -0.3 is 15.8 Å².